The minimum atomic E-state index is -0.0334. The van der Waals surface area contributed by atoms with E-state index >= 15 is 0 Å². The van der Waals surface area contributed by atoms with Crippen LogP contribution in [-0.4, -0.2) is 58.9 Å². The Balaban J connectivity index is 1.41. The van der Waals surface area contributed by atoms with Crippen LogP contribution in [0.5, 0.6) is 5.75 Å². The molecular formula is C27H26ClN5O2. The Labute approximate surface area is 209 Å². The van der Waals surface area contributed by atoms with Crippen molar-refractivity contribution in [2.24, 2.45) is 0 Å². The Kier molecular flexibility index (Phi) is 6.68. The average molecular weight is 488 g/mol. The van der Waals surface area contributed by atoms with Crippen molar-refractivity contribution in [2.75, 3.05) is 38.2 Å². The highest BCUT2D eigenvalue weighted by Gasteiger charge is 2.27. The van der Waals surface area contributed by atoms with Gasteiger partial charge in [0.2, 0.25) is 0 Å². The van der Waals surface area contributed by atoms with Gasteiger partial charge in [0.25, 0.3) is 5.91 Å². The third-order valence-electron chi connectivity index (χ3n) is 6.13. The number of benzene rings is 2. The highest BCUT2D eigenvalue weighted by Crippen LogP contribution is 2.28. The number of aromatic nitrogens is 3. The SMILES string of the molecule is COc1cccc(-c2nn(Cc3ccccc3)cc2C(=O)N2CCN(c3ncccc3Cl)CC2)c1. The lowest BCUT2D eigenvalue weighted by atomic mass is 10.1. The van der Waals surface area contributed by atoms with Crippen LogP contribution in [0.3, 0.4) is 0 Å². The Hall–Kier alpha value is -3.84. The fourth-order valence-electron chi connectivity index (χ4n) is 4.31. The molecule has 1 aliphatic heterocycles. The standard InChI is InChI=1S/C27H26ClN5O2/c1-35-22-10-5-9-21(17-22)25-23(19-33(30-25)18-20-7-3-2-4-8-20)27(34)32-15-13-31(14-16-32)26-24(28)11-6-12-29-26/h2-12,17,19H,13-16,18H2,1H3. The van der Waals surface area contributed by atoms with Crippen LogP contribution in [0.2, 0.25) is 5.02 Å². The van der Waals surface area contributed by atoms with E-state index < -0.39 is 0 Å². The summed E-state index contributed by atoms with van der Waals surface area (Å²) in [6.07, 6.45) is 3.59. The van der Waals surface area contributed by atoms with Crippen molar-refractivity contribution in [2.45, 2.75) is 6.54 Å². The lowest BCUT2D eigenvalue weighted by molar-refractivity contribution is 0.0747. The molecule has 178 valence electrons. The van der Waals surface area contributed by atoms with Gasteiger partial charge in [0.15, 0.2) is 0 Å². The number of pyridine rings is 1. The van der Waals surface area contributed by atoms with E-state index in [1.807, 2.05) is 70.4 Å². The molecule has 0 radical (unpaired) electrons. The van der Waals surface area contributed by atoms with Crippen molar-refractivity contribution in [1.82, 2.24) is 19.7 Å². The van der Waals surface area contributed by atoms with E-state index in [2.05, 4.69) is 22.0 Å². The molecule has 0 bridgehead atoms. The number of nitrogens with zero attached hydrogens (tertiary/aromatic N) is 5. The molecule has 1 amide bonds. The van der Waals surface area contributed by atoms with Crippen LogP contribution >= 0.6 is 11.6 Å². The van der Waals surface area contributed by atoms with Gasteiger partial charge in [0.05, 0.1) is 24.2 Å². The molecule has 0 aliphatic carbocycles. The van der Waals surface area contributed by atoms with E-state index in [-0.39, 0.29) is 5.91 Å². The summed E-state index contributed by atoms with van der Waals surface area (Å²) in [5.74, 6) is 1.45. The molecule has 1 saturated heterocycles. The number of anilines is 1. The van der Waals surface area contributed by atoms with Gasteiger partial charge in [-0.25, -0.2) is 4.98 Å². The molecule has 7 nitrogen and oxygen atoms in total. The van der Waals surface area contributed by atoms with Crippen LogP contribution in [-0.2, 0) is 6.54 Å². The summed E-state index contributed by atoms with van der Waals surface area (Å²) < 4.78 is 7.24. The molecular weight excluding hydrogens is 462 g/mol. The summed E-state index contributed by atoms with van der Waals surface area (Å²) in [4.78, 5) is 22.1. The Bertz CT molecular complexity index is 1320. The zero-order valence-corrected chi connectivity index (χ0v) is 20.2. The van der Waals surface area contributed by atoms with Crippen molar-refractivity contribution >= 4 is 23.3 Å². The predicted octanol–water partition coefficient (Wildman–Crippen LogP) is 4.62. The monoisotopic (exact) mass is 487 g/mol. The summed E-state index contributed by atoms with van der Waals surface area (Å²) in [6.45, 7) is 3.06. The number of halogens is 1. The van der Waals surface area contributed by atoms with E-state index in [1.165, 1.54) is 0 Å². The predicted molar refractivity (Wildman–Crippen MR) is 137 cm³/mol. The molecule has 1 aliphatic rings. The molecule has 8 heteroatoms. The summed E-state index contributed by atoms with van der Waals surface area (Å²) in [5.41, 5.74) is 3.20. The maximum atomic E-state index is 13.7. The zero-order chi connectivity index (χ0) is 24.2. The van der Waals surface area contributed by atoms with E-state index in [0.29, 0.717) is 49.0 Å². The molecule has 0 saturated carbocycles. The Morgan fingerprint density at radius 3 is 2.54 bits per heavy atom. The third-order valence-corrected chi connectivity index (χ3v) is 6.42. The number of carbonyl (C=O) groups is 1. The number of methoxy groups -OCH3 is 1. The van der Waals surface area contributed by atoms with Crippen LogP contribution in [0.1, 0.15) is 15.9 Å². The number of hydrogen-bond donors (Lipinski definition) is 0. The number of amides is 1. The molecule has 3 heterocycles. The van der Waals surface area contributed by atoms with Crippen LogP contribution in [0.4, 0.5) is 5.82 Å². The minimum Gasteiger partial charge on any atom is -0.497 e. The normalized spacial score (nSPS) is 13.7. The summed E-state index contributed by atoms with van der Waals surface area (Å²) in [6, 6.07) is 21.4. The fraction of sp³-hybridized carbons (Fsp3) is 0.222. The first-order valence-corrected chi connectivity index (χ1v) is 11.9. The van der Waals surface area contributed by atoms with Gasteiger partial charge < -0.3 is 14.5 Å². The number of ether oxygens (including phenoxy) is 1. The molecule has 0 spiro atoms. The zero-order valence-electron chi connectivity index (χ0n) is 19.5. The molecule has 2 aromatic carbocycles. The van der Waals surface area contributed by atoms with E-state index in [1.54, 1.807) is 13.3 Å². The van der Waals surface area contributed by atoms with Crippen molar-refractivity contribution in [1.29, 1.82) is 0 Å². The Morgan fingerprint density at radius 2 is 1.80 bits per heavy atom. The number of rotatable bonds is 6. The van der Waals surface area contributed by atoms with Crippen molar-refractivity contribution in [3.63, 3.8) is 0 Å². The molecule has 0 unspecified atom stereocenters. The lowest BCUT2D eigenvalue weighted by Gasteiger charge is -2.35. The molecule has 35 heavy (non-hydrogen) atoms. The van der Waals surface area contributed by atoms with Gasteiger partial charge in [-0.15, -0.1) is 0 Å². The summed E-state index contributed by atoms with van der Waals surface area (Å²) in [7, 11) is 1.63. The van der Waals surface area contributed by atoms with Crippen LogP contribution in [0.15, 0.2) is 79.1 Å². The minimum absolute atomic E-state index is 0.0334. The van der Waals surface area contributed by atoms with Gasteiger partial charge in [0.1, 0.15) is 17.3 Å². The van der Waals surface area contributed by atoms with Crippen molar-refractivity contribution in [3.05, 3.63) is 95.3 Å². The van der Waals surface area contributed by atoms with E-state index in [9.17, 15) is 4.79 Å². The average Bonchev–Trinajstić information content (AvgIpc) is 3.33. The molecule has 1 fully saturated rings. The van der Waals surface area contributed by atoms with Gasteiger partial charge in [-0.2, -0.15) is 5.10 Å². The molecule has 4 aromatic rings. The maximum Gasteiger partial charge on any atom is 0.257 e. The summed E-state index contributed by atoms with van der Waals surface area (Å²) in [5, 5.41) is 5.44. The van der Waals surface area contributed by atoms with Crippen LogP contribution in [0, 0.1) is 0 Å². The van der Waals surface area contributed by atoms with Crippen molar-refractivity contribution in [3.8, 4) is 17.0 Å². The number of carbonyl (C=O) groups excluding carboxylic acids is 1. The van der Waals surface area contributed by atoms with Gasteiger partial charge in [0, 0.05) is 44.1 Å². The topological polar surface area (TPSA) is 63.5 Å². The van der Waals surface area contributed by atoms with Crippen molar-refractivity contribution < 1.29 is 9.53 Å². The highest BCUT2D eigenvalue weighted by atomic mass is 35.5. The van der Waals surface area contributed by atoms with Gasteiger partial charge in [-0.05, 0) is 29.8 Å². The number of hydrogen-bond acceptors (Lipinski definition) is 5. The summed E-state index contributed by atoms with van der Waals surface area (Å²) >= 11 is 6.33. The first-order chi connectivity index (χ1) is 17.1. The first-order valence-electron chi connectivity index (χ1n) is 11.5. The van der Waals surface area contributed by atoms with E-state index in [0.717, 1.165) is 22.7 Å². The maximum absolute atomic E-state index is 13.7. The molecule has 2 aromatic heterocycles. The molecule has 5 rings (SSSR count). The fourth-order valence-corrected chi connectivity index (χ4v) is 4.56. The van der Waals surface area contributed by atoms with E-state index in [4.69, 9.17) is 21.4 Å². The highest BCUT2D eigenvalue weighted by molar-refractivity contribution is 6.32. The van der Waals surface area contributed by atoms with Gasteiger partial charge in [-0.3, -0.25) is 9.48 Å². The smallest absolute Gasteiger partial charge is 0.257 e. The van der Waals surface area contributed by atoms with Crippen LogP contribution in [0.25, 0.3) is 11.3 Å². The largest absolute Gasteiger partial charge is 0.497 e. The quantitative estimate of drug-likeness (QED) is 0.397. The van der Waals surface area contributed by atoms with Crippen LogP contribution < -0.4 is 9.64 Å². The number of piperazine rings is 1. The molecule has 0 N–H and O–H groups in total. The van der Waals surface area contributed by atoms with Gasteiger partial charge in [-0.1, -0.05) is 54.1 Å². The Morgan fingerprint density at radius 1 is 1.00 bits per heavy atom. The second-order valence-electron chi connectivity index (χ2n) is 8.39. The second-order valence-corrected chi connectivity index (χ2v) is 8.80. The second kappa shape index (κ2) is 10.2. The third kappa shape index (κ3) is 5.00. The lowest BCUT2D eigenvalue weighted by Crippen LogP contribution is -2.49. The first kappa shape index (κ1) is 22.9. The molecule has 0 atom stereocenters. The van der Waals surface area contributed by atoms with Gasteiger partial charge >= 0.3 is 0 Å².